The van der Waals surface area contributed by atoms with E-state index in [1.54, 1.807) is 12.1 Å². The number of carbonyl (C=O) groups is 3. The van der Waals surface area contributed by atoms with Crippen molar-refractivity contribution in [3.05, 3.63) is 59.2 Å². The van der Waals surface area contributed by atoms with Crippen molar-refractivity contribution < 1.29 is 19.1 Å². The number of benzene rings is 2. The average molecular weight is 455 g/mol. The number of hydrogen-bond acceptors (Lipinski definition) is 5. The third-order valence-corrected chi connectivity index (χ3v) is 5.78. The van der Waals surface area contributed by atoms with Gasteiger partial charge in [-0.3, -0.25) is 9.69 Å². The molecule has 1 fully saturated rings. The molecule has 1 aliphatic heterocycles. The maximum absolute atomic E-state index is 12.6. The third kappa shape index (κ3) is 5.88. The zero-order valence-corrected chi connectivity index (χ0v) is 19.1. The van der Waals surface area contributed by atoms with Crippen molar-refractivity contribution >= 4 is 46.3 Å². The van der Waals surface area contributed by atoms with E-state index in [4.69, 9.17) is 10.5 Å². The molecule has 2 aromatic carbocycles. The van der Waals surface area contributed by atoms with Gasteiger partial charge in [0.2, 0.25) is 5.91 Å². The predicted octanol–water partition coefficient (Wildman–Crippen LogP) is 4.42. The summed E-state index contributed by atoms with van der Waals surface area (Å²) in [6.45, 7) is 6.28. The van der Waals surface area contributed by atoms with Crippen molar-refractivity contribution in [2.75, 3.05) is 22.6 Å². The van der Waals surface area contributed by atoms with Crippen LogP contribution in [0.3, 0.4) is 0 Å². The first kappa shape index (κ1) is 23.3. The molecule has 1 aliphatic rings. The fourth-order valence-electron chi connectivity index (χ4n) is 3.28. The molecule has 4 amide bonds. The zero-order chi connectivity index (χ0) is 23.3. The van der Waals surface area contributed by atoms with Crippen molar-refractivity contribution in [2.24, 2.45) is 10.7 Å². The number of amidine groups is 1. The van der Waals surface area contributed by atoms with E-state index >= 15 is 0 Å². The highest BCUT2D eigenvalue weighted by atomic mass is 32.2. The van der Waals surface area contributed by atoms with Crippen LogP contribution in [0.2, 0.25) is 0 Å². The highest BCUT2D eigenvalue weighted by molar-refractivity contribution is 8.15. The Bertz CT molecular complexity index is 1050. The Morgan fingerprint density at radius 3 is 2.59 bits per heavy atom. The van der Waals surface area contributed by atoms with E-state index in [0.717, 1.165) is 22.4 Å². The molecule has 168 valence electrons. The second-order valence-electron chi connectivity index (χ2n) is 7.67. The number of rotatable bonds is 6. The van der Waals surface area contributed by atoms with Gasteiger partial charge in [-0.15, -0.1) is 0 Å². The molecule has 1 saturated heterocycles. The van der Waals surface area contributed by atoms with Gasteiger partial charge in [0, 0.05) is 12.1 Å². The Morgan fingerprint density at radius 2 is 1.94 bits per heavy atom. The van der Waals surface area contributed by atoms with Crippen molar-refractivity contribution in [1.29, 1.82) is 0 Å². The van der Waals surface area contributed by atoms with E-state index in [9.17, 15) is 14.4 Å². The largest absolute Gasteiger partial charge is 0.449 e. The first-order valence-corrected chi connectivity index (χ1v) is 11.2. The summed E-state index contributed by atoms with van der Waals surface area (Å²) >= 11 is 1.25. The second-order valence-corrected chi connectivity index (χ2v) is 8.62. The molecule has 0 radical (unpaired) electrons. The van der Waals surface area contributed by atoms with Crippen LogP contribution in [-0.4, -0.2) is 35.6 Å². The summed E-state index contributed by atoms with van der Waals surface area (Å²) in [5.74, 6) is 0.349. The minimum absolute atomic E-state index is 0.100. The van der Waals surface area contributed by atoms with E-state index < -0.39 is 12.1 Å². The first-order valence-electron chi connectivity index (χ1n) is 10.2. The number of amides is 4. The summed E-state index contributed by atoms with van der Waals surface area (Å²) in [5, 5.41) is 3.08. The smallest absolute Gasteiger partial charge is 0.404 e. The molecule has 1 heterocycles. The number of ether oxygens (including phenoxy) is 1. The van der Waals surface area contributed by atoms with Crippen LogP contribution in [-0.2, 0) is 16.0 Å². The molecular weight excluding hydrogens is 428 g/mol. The molecule has 2 aromatic rings. The monoisotopic (exact) mass is 454 g/mol. The number of urea groups is 1. The SMILES string of the molecule is Cc1ccc(C(C)C)c(N2C(=O)CSC2=NC(=O)Nc2ccc(CCOC(N)=O)cc2)c1. The number of carbonyl (C=O) groups excluding carboxylic acids is 3. The summed E-state index contributed by atoms with van der Waals surface area (Å²) in [5.41, 5.74) is 9.26. The van der Waals surface area contributed by atoms with E-state index in [2.05, 4.69) is 24.2 Å². The van der Waals surface area contributed by atoms with E-state index in [0.29, 0.717) is 17.3 Å². The minimum Gasteiger partial charge on any atom is -0.449 e. The van der Waals surface area contributed by atoms with Crippen LogP contribution in [0.5, 0.6) is 0 Å². The Hall–Kier alpha value is -3.33. The normalized spacial score (nSPS) is 14.8. The van der Waals surface area contributed by atoms with Crippen LogP contribution >= 0.6 is 11.8 Å². The molecule has 0 aromatic heterocycles. The number of aliphatic imine (C=N–C) groups is 1. The standard InChI is InChI=1S/C23H26N4O4S/c1-14(2)18-9-4-15(3)12-19(18)27-20(28)13-32-23(27)26-22(30)25-17-7-5-16(6-8-17)10-11-31-21(24)29/h4-9,12,14H,10-11,13H2,1-3H3,(H2,24,29)(H,25,30). The van der Waals surface area contributed by atoms with Gasteiger partial charge in [0.15, 0.2) is 5.17 Å². The van der Waals surface area contributed by atoms with Gasteiger partial charge in [-0.25, -0.2) is 9.59 Å². The van der Waals surface area contributed by atoms with Crippen molar-refractivity contribution in [3.63, 3.8) is 0 Å². The van der Waals surface area contributed by atoms with E-state index in [1.165, 1.54) is 16.7 Å². The van der Waals surface area contributed by atoms with Gasteiger partial charge in [-0.05, 0) is 47.7 Å². The van der Waals surface area contributed by atoms with Crippen molar-refractivity contribution in [3.8, 4) is 0 Å². The summed E-state index contributed by atoms with van der Waals surface area (Å²) in [7, 11) is 0. The van der Waals surface area contributed by atoms with Gasteiger partial charge in [-0.1, -0.05) is 49.9 Å². The van der Waals surface area contributed by atoms with Crippen molar-refractivity contribution in [1.82, 2.24) is 0 Å². The molecule has 3 rings (SSSR count). The quantitative estimate of drug-likeness (QED) is 0.670. The summed E-state index contributed by atoms with van der Waals surface area (Å²) < 4.78 is 4.72. The fourth-order valence-corrected chi connectivity index (χ4v) is 4.14. The number of aryl methyl sites for hydroxylation is 1. The van der Waals surface area contributed by atoms with Crippen LogP contribution in [0.1, 0.15) is 36.5 Å². The van der Waals surface area contributed by atoms with E-state index in [1.807, 2.05) is 37.3 Å². The van der Waals surface area contributed by atoms with Crippen LogP contribution < -0.4 is 16.0 Å². The van der Waals surface area contributed by atoms with Gasteiger partial charge < -0.3 is 15.8 Å². The summed E-state index contributed by atoms with van der Waals surface area (Å²) in [4.78, 5) is 41.5. The Kier molecular flexibility index (Phi) is 7.53. The highest BCUT2D eigenvalue weighted by Crippen LogP contribution is 2.34. The lowest BCUT2D eigenvalue weighted by molar-refractivity contribution is -0.115. The summed E-state index contributed by atoms with van der Waals surface area (Å²) in [6.07, 6.45) is -0.293. The van der Waals surface area contributed by atoms with Crippen LogP contribution in [0.4, 0.5) is 21.0 Å². The topological polar surface area (TPSA) is 114 Å². The van der Waals surface area contributed by atoms with Crippen LogP contribution in [0, 0.1) is 6.92 Å². The van der Waals surface area contributed by atoms with Crippen LogP contribution in [0.25, 0.3) is 0 Å². The lowest BCUT2D eigenvalue weighted by Gasteiger charge is -2.22. The molecule has 3 N–H and O–H groups in total. The summed E-state index contributed by atoms with van der Waals surface area (Å²) in [6, 6.07) is 12.5. The lowest BCUT2D eigenvalue weighted by atomic mass is 9.99. The molecule has 32 heavy (non-hydrogen) atoms. The number of nitrogens with two attached hydrogens (primary N) is 1. The third-order valence-electron chi connectivity index (χ3n) is 4.85. The fraction of sp³-hybridized carbons (Fsp3) is 0.304. The highest BCUT2D eigenvalue weighted by Gasteiger charge is 2.32. The van der Waals surface area contributed by atoms with Crippen LogP contribution in [0.15, 0.2) is 47.5 Å². The van der Waals surface area contributed by atoms with Gasteiger partial charge in [0.1, 0.15) is 0 Å². The Balaban J connectivity index is 1.73. The average Bonchev–Trinajstić information content (AvgIpc) is 3.08. The maximum Gasteiger partial charge on any atom is 0.404 e. The van der Waals surface area contributed by atoms with Gasteiger partial charge >= 0.3 is 12.1 Å². The van der Waals surface area contributed by atoms with Gasteiger partial charge in [0.25, 0.3) is 0 Å². The number of thioether (sulfide) groups is 1. The van der Waals surface area contributed by atoms with Crippen molar-refractivity contribution in [2.45, 2.75) is 33.1 Å². The van der Waals surface area contributed by atoms with Gasteiger partial charge in [-0.2, -0.15) is 4.99 Å². The number of hydrogen-bond donors (Lipinski definition) is 2. The Labute approximate surface area is 191 Å². The molecule has 0 spiro atoms. The Morgan fingerprint density at radius 1 is 1.22 bits per heavy atom. The first-order chi connectivity index (χ1) is 15.2. The number of primary amides is 1. The molecular formula is C23H26N4O4S. The molecule has 0 atom stereocenters. The molecule has 8 nitrogen and oxygen atoms in total. The van der Waals surface area contributed by atoms with Gasteiger partial charge in [0.05, 0.1) is 18.0 Å². The lowest BCUT2D eigenvalue weighted by Crippen LogP contribution is -2.31. The maximum atomic E-state index is 12.6. The molecule has 0 bridgehead atoms. The molecule has 0 saturated carbocycles. The molecule has 9 heteroatoms. The number of nitrogens with one attached hydrogen (secondary N) is 1. The number of nitrogens with zero attached hydrogens (tertiary/aromatic N) is 2. The predicted molar refractivity (Wildman–Crippen MR) is 127 cm³/mol. The molecule has 0 unspecified atom stereocenters. The zero-order valence-electron chi connectivity index (χ0n) is 18.3. The number of anilines is 2. The van der Waals surface area contributed by atoms with E-state index in [-0.39, 0.29) is 24.2 Å². The minimum atomic E-state index is -0.809. The molecule has 0 aliphatic carbocycles. The second kappa shape index (κ2) is 10.3.